The number of nitrogens with zero attached hydrogens (tertiary/aromatic N) is 2. The van der Waals surface area contributed by atoms with Crippen LogP contribution in [0.4, 0.5) is 0 Å². The lowest BCUT2D eigenvalue weighted by molar-refractivity contribution is -0.141. The highest BCUT2D eigenvalue weighted by atomic mass is 32.2. The van der Waals surface area contributed by atoms with Crippen molar-refractivity contribution in [2.45, 2.75) is 24.5 Å². The summed E-state index contributed by atoms with van der Waals surface area (Å²) in [6, 6.07) is 16.7. The molecule has 0 bridgehead atoms. The molecule has 0 aromatic heterocycles. The number of esters is 1. The van der Waals surface area contributed by atoms with E-state index in [1.165, 1.54) is 5.56 Å². The smallest absolute Gasteiger partial charge is 0.338 e. The Morgan fingerprint density at radius 3 is 2.21 bits per heavy atom. The van der Waals surface area contributed by atoms with Gasteiger partial charge in [-0.05, 0) is 36.8 Å². The van der Waals surface area contributed by atoms with Crippen LogP contribution in [-0.2, 0) is 26.9 Å². The van der Waals surface area contributed by atoms with Crippen molar-refractivity contribution >= 4 is 22.7 Å². The minimum Gasteiger partial charge on any atom is -0.449 e. The van der Waals surface area contributed by atoms with Gasteiger partial charge in [-0.1, -0.05) is 30.3 Å². The molecule has 2 aromatic carbocycles. The van der Waals surface area contributed by atoms with Crippen molar-refractivity contribution in [2.24, 2.45) is 0 Å². The molecule has 2 unspecified atom stereocenters. The monoisotopic (exact) mass is 414 g/mol. The zero-order chi connectivity index (χ0) is 20.8. The number of amides is 1. The topological polar surface area (TPSA) is 66.9 Å². The first-order valence-corrected chi connectivity index (χ1v) is 11.2. The van der Waals surface area contributed by atoms with E-state index >= 15 is 0 Å². The lowest BCUT2D eigenvalue weighted by Crippen LogP contribution is -2.51. The van der Waals surface area contributed by atoms with Gasteiger partial charge in [-0.2, -0.15) is 0 Å². The second-order valence-corrected chi connectivity index (χ2v) is 8.49. The van der Waals surface area contributed by atoms with E-state index in [0.29, 0.717) is 23.5 Å². The summed E-state index contributed by atoms with van der Waals surface area (Å²) in [6.45, 7) is 5.28. The first kappa shape index (κ1) is 21.2. The Bertz CT molecular complexity index is 862. The molecule has 0 aliphatic carbocycles. The van der Waals surface area contributed by atoms with Gasteiger partial charge in [0.2, 0.25) is 0 Å². The molecule has 2 aromatic rings. The van der Waals surface area contributed by atoms with Crippen molar-refractivity contribution in [3.05, 3.63) is 65.7 Å². The van der Waals surface area contributed by atoms with E-state index in [9.17, 15) is 13.8 Å². The Morgan fingerprint density at radius 2 is 1.62 bits per heavy atom. The maximum atomic E-state index is 12.7. The lowest BCUT2D eigenvalue weighted by atomic mass is 10.2. The van der Waals surface area contributed by atoms with Crippen LogP contribution in [0, 0.1) is 0 Å². The van der Waals surface area contributed by atoms with Gasteiger partial charge in [0.15, 0.2) is 6.10 Å². The van der Waals surface area contributed by atoms with Crippen molar-refractivity contribution in [1.29, 1.82) is 0 Å². The van der Waals surface area contributed by atoms with Gasteiger partial charge >= 0.3 is 5.97 Å². The Labute approximate surface area is 173 Å². The van der Waals surface area contributed by atoms with Gasteiger partial charge in [0, 0.05) is 54.7 Å². The van der Waals surface area contributed by atoms with Crippen LogP contribution in [-0.4, -0.2) is 64.4 Å². The third kappa shape index (κ3) is 5.74. The molecule has 1 aliphatic rings. The van der Waals surface area contributed by atoms with Crippen molar-refractivity contribution in [3.63, 3.8) is 0 Å². The molecular formula is C22H26N2O4S. The Kier molecular flexibility index (Phi) is 7.17. The largest absolute Gasteiger partial charge is 0.449 e. The minimum atomic E-state index is -1.11. The van der Waals surface area contributed by atoms with Crippen LogP contribution in [0.1, 0.15) is 22.8 Å². The third-order valence-corrected chi connectivity index (χ3v) is 5.92. The molecule has 0 spiro atoms. The van der Waals surface area contributed by atoms with Gasteiger partial charge in [0.1, 0.15) is 0 Å². The fourth-order valence-electron chi connectivity index (χ4n) is 3.29. The zero-order valence-corrected chi connectivity index (χ0v) is 17.6. The molecule has 29 heavy (non-hydrogen) atoms. The van der Waals surface area contributed by atoms with Gasteiger partial charge in [0.05, 0.1) is 5.56 Å². The molecule has 7 heteroatoms. The molecular weight excluding hydrogens is 388 g/mol. The second-order valence-electron chi connectivity index (χ2n) is 7.11. The van der Waals surface area contributed by atoms with Gasteiger partial charge in [-0.3, -0.25) is 13.9 Å². The van der Waals surface area contributed by atoms with E-state index in [4.69, 9.17) is 4.74 Å². The average Bonchev–Trinajstić information content (AvgIpc) is 2.74. The lowest BCUT2D eigenvalue weighted by Gasteiger charge is -2.35. The number of hydrogen-bond acceptors (Lipinski definition) is 5. The van der Waals surface area contributed by atoms with Crippen molar-refractivity contribution in [2.75, 3.05) is 32.4 Å². The molecule has 2 atom stereocenters. The summed E-state index contributed by atoms with van der Waals surface area (Å²) in [5.74, 6) is -0.731. The number of carbonyl (C=O) groups excluding carboxylic acids is 2. The van der Waals surface area contributed by atoms with E-state index in [1.54, 1.807) is 42.3 Å². The van der Waals surface area contributed by atoms with Gasteiger partial charge in [-0.15, -0.1) is 0 Å². The standard InChI is InChI=1S/C22H26N2O4S/c1-17(28-22(26)19-8-10-20(11-9-19)29(2)27)21(25)24-14-12-23(13-15-24)16-18-6-4-3-5-7-18/h3-11,17H,12-16H2,1-2H3. The minimum absolute atomic E-state index is 0.177. The molecule has 1 fully saturated rings. The zero-order valence-electron chi connectivity index (χ0n) is 16.7. The Hall–Kier alpha value is -2.51. The normalized spacial score (nSPS) is 16.8. The van der Waals surface area contributed by atoms with Crippen LogP contribution in [0.15, 0.2) is 59.5 Å². The van der Waals surface area contributed by atoms with Gasteiger partial charge in [0.25, 0.3) is 5.91 Å². The average molecular weight is 415 g/mol. The third-order valence-electron chi connectivity index (χ3n) is 4.99. The molecule has 0 saturated carbocycles. The molecule has 0 radical (unpaired) electrons. The maximum Gasteiger partial charge on any atom is 0.338 e. The van der Waals surface area contributed by atoms with Crippen LogP contribution >= 0.6 is 0 Å². The highest BCUT2D eigenvalue weighted by molar-refractivity contribution is 7.84. The predicted octanol–water partition coefficient (Wildman–Crippen LogP) is 2.31. The number of ether oxygens (including phenoxy) is 1. The number of rotatable bonds is 6. The molecule has 1 amide bonds. The fraction of sp³-hybridized carbons (Fsp3) is 0.364. The van der Waals surface area contributed by atoms with Gasteiger partial charge in [-0.25, -0.2) is 4.79 Å². The summed E-state index contributed by atoms with van der Waals surface area (Å²) in [5.41, 5.74) is 1.60. The summed E-state index contributed by atoms with van der Waals surface area (Å²) >= 11 is 0. The van der Waals surface area contributed by atoms with Crippen molar-refractivity contribution in [3.8, 4) is 0 Å². The number of benzene rings is 2. The van der Waals surface area contributed by atoms with E-state index < -0.39 is 22.9 Å². The maximum absolute atomic E-state index is 12.7. The van der Waals surface area contributed by atoms with E-state index in [1.807, 2.05) is 18.2 Å². The quantitative estimate of drug-likeness (QED) is 0.679. The number of piperazine rings is 1. The highest BCUT2D eigenvalue weighted by Crippen LogP contribution is 2.13. The summed E-state index contributed by atoms with van der Waals surface area (Å²) in [4.78, 5) is 29.7. The van der Waals surface area contributed by atoms with Crippen molar-refractivity contribution < 1.29 is 18.5 Å². The first-order valence-electron chi connectivity index (χ1n) is 9.63. The van der Waals surface area contributed by atoms with E-state index in [-0.39, 0.29) is 5.91 Å². The van der Waals surface area contributed by atoms with Crippen LogP contribution in [0.2, 0.25) is 0 Å². The molecule has 3 rings (SSSR count). The summed E-state index contributed by atoms with van der Waals surface area (Å²) in [6.07, 6.45) is 0.733. The van der Waals surface area contributed by atoms with Gasteiger partial charge < -0.3 is 9.64 Å². The molecule has 154 valence electrons. The Balaban J connectivity index is 1.49. The summed E-state index contributed by atoms with van der Waals surface area (Å²) in [7, 11) is -1.11. The van der Waals surface area contributed by atoms with E-state index in [0.717, 1.165) is 19.6 Å². The molecule has 6 nitrogen and oxygen atoms in total. The summed E-state index contributed by atoms with van der Waals surface area (Å²) in [5, 5.41) is 0. The molecule has 1 heterocycles. The molecule has 1 aliphatic heterocycles. The molecule has 1 saturated heterocycles. The van der Waals surface area contributed by atoms with Crippen LogP contribution in [0.3, 0.4) is 0 Å². The fourth-order valence-corrected chi connectivity index (χ4v) is 3.81. The SMILES string of the molecule is CC(OC(=O)c1ccc(S(C)=O)cc1)C(=O)N1CCN(Cc2ccccc2)CC1. The molecule has 0 N–H and O–H groups in total. The number of carbonyl (C=O) groups is 2. The van der Waals surface area contributed by atoms with Crippen molar-refractivity contribution in [1.82, 2.24) is 9.80 Å². The Morgan fingerprint density at radius 1 is 1.00 bits per heavy atom. The van der Waals surface area contributed by atoms with Crippen LogP contribution < -0.4 is 0 Å². The summed E-state index contributed by atoms with van der Waals surface area (Å²) < 4.78 is 16.8. The first-order chi connectivity index (χ1) is 13.9. The second kappa shape index (κ2) is 9.80. The number of hydrogen-bond donors (Lipinski definition) is 0. The highest BCUT2D eigenvalue weighted by Gasteiger charge is 2.27. The predicted molar refractivity (Wildman–Crippen MR) is 112 cm³/mol. The van der Waals surface area contributed by atoms with E-state index in [2.05, 4.69) is 17.0 Å². The van der Waals surface area contributed by atoms with Crippen LogP contribution in [0.25, 0.3) is 0 Å². The van der Waals surface area contributed by atoms with Crippen LogP contribution in [0.5, 0.6) is 0 Å².